The molecule has 0 spiro atoms. The highest BCUT2D eigenvalue weighted by atomic mass is 15.0. The van der Waals surface area contributed by atoms with E-state index in [2.05, 4.69) is 121 Å². The summed E-state index contributed by atoms with van der Waals surface area (Å²) in [5.41, 5.74) is 7.45. The van der Waals surface area contributed by atoms with Gasteiger partial charge in [0.15, 0.2) is 0 Å². The molecule has 150 valence electrons. The van der Waals surface area contributed by atoms with Gasteiger partial charge in [0.2, 0.25) is 0 Å². The van der Waals surface area contributed by atoms with E-state index in [-0.39, 0.29) is 0 Å². The minimum absolute atomic E-state index is 0.957. The zero-order valence-electron chi connectivity index (χ0n) is 17.7. The normalized spacial score (nSPS) is 11.9. The minimum atomic E-state index is 0.957. The maximum Gasteiger partial charge on any atom is 0.0491 e. The van der Waals surface area contributed by atoms with Crippen LogP contribution in [0.2, 0.25) is 0 Å². The number of aryl methyl sites for hydroxylation is 1. The summed E-state index contributed by atoms with van der Waals surface area (Å²) in [5.74, 6) is 0. The number of hydrogen-bond donors (Lipinski definition) is 0. The lowest BCUT2D eigenvalue weighted by molar-refractivity contribution is 0.827. The summed E-state index contributed by atoms with van der Waals surface area (Å²) < 4.78 is 2.40. The van der Waals surface area contributed by atoms with Crippen LogP contribution in [-0.4, -0.2) is 4.57 Å². The topological polar surface area (TPSA) is 4.93 Å². The molecule has 0 saturated carbocycles. The lowest BCUT2D eigenvalue weighted by Gasteiger charge is -2.03. The molecule has 31 heavy (non-hydrogen) atoms. The molecule has 1 nitrogen and oxygen atoms in total. The first-order valence-electron chi connectivity index (χ1n) is 10.8. The van der Waals surface area contributed by atoms with E-state index in [1.807, 2.05) is 12.1 Å². The van der Waals surface area contributed by atoms with Crippen molar-refractivity contribution in [3.8, 4) is 0 Å². The average Bonchev–Trinajstić information content (AvgIpc) is 3.15. The molecule has 0 aliphatic carbocycles. The van der Waals surface area contributed by atoms with Gasteiger partial charge in [-0.25, -0.2) is 0 Å². The van der Waals surface area contributed by atoms with Gasteiger partial charge < -0.3 is 4.57 Å². The zero-order chi connectivity index (χ0) is 21.0. The van der Waals surface area contributed by atoms with E-state index < -0.39 is 0 Å². The summed E-state index contributed by atoms with van der Waals surface area (Å²) >= 11 is 0. The molecule has 0 aliphatic heterocycles. The predicted octanol–water partition coefficient (Wildman–Crippen LogP) is 8.16. The standard InChI is InChI=1S/C30H25N/c1-2-31-29-19-17-25(15-13-23-9-5-3-6-10-23)21-27(29)28-22-26(18-20-30(28)31)16-14-24-11-7-4-8-12-24/h3-22H,2H2,1H3/b15-13+,16-14+. The Balaban J connectivity index is 1.58. The van der Waals surface area contributed by atoms with Gasteiger partial charge in [-0.2, -0.15) is 0 Å². The van der Waals surface area contributed by atoms with E-state index in [4.69, 9.17) is 0 Å². The SMILES string of the molecule is CCn1c2ccc(/C=C/c3ccccc3)cc2c2cc(/C=C/c3ccccc3)ccc21. The van der Waals surface area contributed by atoms with E-state index in [0.29, 0.717) is 0 Å². The summed E-state index contributed by atoms with van der Waals surface area (Å²) in [7, 11) is 0. The van der Waals surface area contributed by atoms with Gasteiger partial charge in [-0.3, -0.25) is 0 Å². The molecule has 0 fully saturated rings. The molecule has 4 aromatic carbocycles. The van der Waals surface area contributed by atoms with Crippen molar-refractivity contribution in [3.63, 3.8) is 0 Å². The second-order valence-corrected chi connectivity index (χ2v) is 7.79. The van der Waals surface area contributed by atoms with Gasteiger partial charge in [0.1, 0.15) is 0 Å². The summed E-state index contributed by atoms with van der Waals surface area (Å²) in [4.78, 5) is 0. The van der Waals surface area contributed by atoms with Crippen molar-refractivity contribution < 1.29 is 0 Å². The highest BCUT2D eigenvalue weighted by Gasteiger charge is 2.10. The Bertz CT molecular complexity index is 1280. The fourth-order valence-corrected chi connectivity index (χ4v) is 4.20. The molecule has 0 bridgehead atoms. The Morgan fingerprint density at radius 1 is 0.516 bits per heavy atom. The van der Waals surface area contributed by atoms with Crippen molar-refractivity contribution in [2.24, 2.45) is 0 Å². The lowest BCUT2D eigenvalue weighted by atomic mass is 10.1. The van der Waals surface area contributed by atoms with Gasteiger partial charge in [0.25, 0.3) is 0 Å². The number of rotatable bonds is 5. The number of benzene rings is 4. The number of aromatic nitrogens is 1. The summed E-state index contributed by atoms with van der Waals surface area (Å²) in [6.45, 7) is 3.17. The van der Waals surface area contributed by atoms with Crippen molar-refractivity contribution in [2.75, 3.05) is 0 Å². The average molecular weight is 400 g/mol. The van der Waals surface area contributed by atoms with E-state index in [9.17, 15) is 0 Å². The molecule has 0 radical (unpaired) electrons. The third-order valence-corrected chi connectivity index (χ3v) is 5.76. The third-order valence-electron chi connectivity index (χ3n) is 5.76. The monoisotopic (exact) mass is 399 g/mol. The van der Waals surface area contributed by atoms with Gasteiger partial charge in [0, 0.05) is 28.4 Å². The van der Waals surface area contributed by atoms with Crippen LogP contribution in [0.5, 0.6) is 0 Å². The molecule has 0 aliphatic rings. The van der Waals surface area contributed by atoms with Crippen molar-refractivity contribution in [1.82, 2.24) is 4.57 Å². The van der Waals surface area contributed by atoms with Crippen LogP contribution in [0.4, 0.5) is 0 Å². The van der Waals surface area contributed by atoms with E-state index in [0.717, 1.165) is 6.54 Å². The molecule has 0 atom stereocenters. The van der Waals surface area contributed by atoms with E-state index >= 15 is 0 Å². The summed E-state index contributed by atoms with van der Waals surface area (Å²) in [5, 5.41) is 2.61. The van der Waals surface area contributed by atoms with Crippen molar-refractivity contribution in [3.05, 3.63) is 119 Å². The highest BCUT2D eigenvalue weighted by molar-refractivity contribution is 6.09. The first-order chi connectivity index (χ1) is 15.3. The van der Waals surface area contributed by atoms with Crippen molar-refractivity contribution in [2.45, 2.75) is 13.5 Å². The highest BCUT2D eigenvalue weighted by Crippen LogP contribution is 2.31. The second-order valence-electron chi connectivity index (χ2n) is 7.79. The fourth-order valence-electron chi connectivity index (χ4n) is 4.20. The van der Waals surface area contributed by atoms with E-state index in [1.165, 1.54) is 44.1 Å². The molecule has 5 rings (SSSR count). The molecule has 5 aromatic rings. The van der Waals surface area contributed by atoms with Gasteiger partial charge in [-0.1, -0.05) is 97.1 Å². The smallest absolute Gasteiger partial charge is 0.0491 e. The molecule has 0 amide bonds. The lowest BCUT2D eigenvalue weighted by Crippen LogP contribution is -1.92. The zero-order valence-corrected chi connectivity index (χ0v) is 17.7. The van der Waals surface area contributed by atoms with Gasteiger partial charge in [0.05, 0.1) is 0 Å². The molecule has 1 heterocycles. The molecule has 0 N–H and O–H groups in total. The van der Waals surface area contributed by atoms with Crippen LogP contribution in [-0.2, 0) is 6.54 Å². The maximum absolute atomic E-state index is 2.40. The third kappa shape index (κ3) is 3.95. The maximum atomic E-state index is 2.40. The fraction of sp³-hybridized carbons (Fsp3) is 0.0667. The van der Waals surface area contributed by atoms with Gasteiger partial charge in [-0.15, -0.1) is 0 Å². The summed E-state index contributed by atoms with van der Waals surface area (Å²) in [6.07, 6.45) is 8.74. The van der Waals surface area contributed by atoms with Crippen molar-refractivity contribution in [1.29, 1.82) is 0 Å². The molecule has 1 heteroatoms. The van der Waals surface area contributed by atoms with Crippen molar-refractivity contribution >= 4 is 46.1 Å². The molecule has 1 aromatic heterocycles. The second kappa shape index (κ2) is 8.49. The number of hydrogen-bond acceptors (Lipinski definition) is 0. The Morgan fingerprint density at radius 2 is 0.935 bits per heavy atom. The van der Waals surface area contributed by atoms with Gasteiger partial charge >= 0.3 is 0 Å². The van der Waals surface area contributed by atoms with Crippen LogP contribution in [0, 0.1) is 0 Å². The first kappa shape index (κ1) is 19.1. The van der Waals surface area contributed by atoms with Crippen LogP contribution in [0.25, 0.3) is 46.1 Å². The van der Waals surface area contributed by atoms with Crippen LogP contribution in [0.15, 0.2) is 97.1 Å². The Kier molecular flexibility index (Phi) is 5.24. The van der Waals surface area contributed by atoms with Crippen LogP contribution in [0.1, 0.15) is 29.2 Å². The molecule has 0 saturated heterocycles. The first-order valence-corrected chi connectivity index (χ1v) is 10.8. The van der Waals surface area contributed by atoms with Gasteiger partial charge in [-0.05, 0) is 53.4 Å². The summed E-state index contributed by atoms with van der Waals surface area (Å²) in [6, 6.07) is 34.5. The van der Waals surface area contributed by atoms with Crippen LogP contribution in [0.3, 0.4) is 0 Å². The minimum Gasteiger partial charge on any atom is -0.341 e. The molecule has 0 unspecified atom stereocenters. The number of nitrogens with zero attached hydrogens (tertiary/aromatic N) is 1. The Morgan fingerprint density at radius 3 is 1.35 bits per heavy atom. The van der Waals surface area contributed by atoms with Crippen LogP contribution >= 0.6 is 0 Å². The largest absolute Gasteiger partial charge is 0.341 e. The Labute approximate surface area is 183 Å². The quantitative estimate of drug-likeness (QED) is 0.263. The predicted molar refractivity (Wildman–Crippen MR) is 136 cm³/mol. The molecular formula is C30H25N. The van der Waals surface area contributed by atoms with E-state index in [1.54, 1.807) is 0 Å². The van der Waals surface area contributed by atoms with Crippen LogP contribution < -0.4 is 0 Å². The molecular weight excluding hydrogens is 374 g/mol. The number of fused-ring (bicyclic) bond motifs is 3. The Hall–Kier alpha value is -3.84.